The minimum Gasteiger partial charge on any atom is -0.427 e. The lowest BCUT2D eigenvalue weighted by atomic mass is 10.0. The third-order valence-electron chi connectivity index (χ3n) is 2.24. The maximum Gasteiger partial charge on any atom is 0.349 e. The molecule has 1 rings (SSSR count). The molecule has 0 fully saturated rings. The molecule has 0 amide bonds. The SMILES string of the molecule is CCONC(CCCCl)=C1C(=O)C=C(C)OC1=O. The van der Waals surface area contributed by atoms with Gasteiger partial charge in [0.2, 0.25) is 0 Å². The third-order valence-corrected chi connectivity index (χ3v) is 2.51. The number of allylic oxidation sites excluding steroid dienone is 3. The fourth-order valence-corrected chi connectivity index (χ4v) is 1.62. The Balaban J connectivity index is 3.00. The van der Waals surface area contributed by atoms with E-state index in [-0.39, 0.29) is 11.4 Å². The number of hydroxylamine groups is 1. The molecule has 100 valence electrons. The van der Waals surface area contributed by atoms with Crippen LogP contribution in [0.3, 0.4) is 0 Å². The van der Waals surface area contributed by atoms with E-state index in [2.05, 4.69) is 5.48 Å². The van der Waals surface area contributed by atoms with Crippen molar-refractivity contribution in [2.75, 3.05) is 12.5 Å². The van der Waals surface area contributed by atoms with Gasteiger partial charge in [0.25, 0.3) is 0 Å². The van der Waals surface area contributed by atoms with Crippen LogP contribution in [-0.2, 0) is 19.2 Å². The molecule has 0 saturated carbocycles. The number of ether oxygens (including phenoxy) is 1. The van der Waals surface area contributed by atoms with Crippen LogP contribution in [0.15, 0.2) is 23.1 Å². The van der Waals surface area contributed by atoms with Gasteiger partial charge in [-0.1, -0.05) is 0 Å². The van der Waals surface area contributed by atoms with Crippen LogP contribution in [-0.4, -0.2) is 24.2 Å². The van der Waals surface area contributed by atoms with Crippen LogP contribution in [0.25, 0.3) is 0 Å². The van der Waals surface area contributed by atoms with Crippen LogP contribution >= 0.6 is 11.6 Å². The van der Waals surface area contributed by atoms with Crippen molar-refractivity contribution in [3.8, 4) is 0 Å². The summed E-state index contributed by atoms with van der Waals surface area (Å²) in [6.07, 6.45) is 2.36. The lowest BCUT2D eigenvalue weighted by Gasteiger charge is -2.17. The molecule has 0 aromatic rings. The summed E-state index contributed by atoms with van der Waals surface area (Å²) in [4.78, 5) is 28.6. The number of alkyl halides is 1. The molecule has 0 radical (unpaired) electrons. The molecule has 1 aliphatic rings. The number of cyclic esters (lactones) is 1. The van der Waals surface area contributed by atoms with Gasteiger partial charge in [0.15, 0.2) is 5.78 Å². The van der Waals surface area contributed by atoms with E-state index in [0.29, 0.717) is 36.8 Å². The Morgan fingerprint density at radius 2 is 2.22 bits per heavy atom. The number of esters is 1. The molecule has 0 aliphatic carbocycles. The van der Waals surface area contributed by atoms with E-state index in [9.17, 15) is 9.59 Å². The normalized spacial score (nSPS) is 18.3. The van der Waals surface area contributed by atoms with E-state index in [4.69, 9.17) is 21.2 Å². The largest absolute Gasteiger partial charge is 0.427 e. The average molecular weight is 274 g/mol. The number of rotatable bonds is 6. The minimum atomic E-state index is -0.656. The number of ketones is 1. The predicted octanol–water partition coefficient (Wildman–Crippen LogP) is 1.83. The molecule has 0 saturated heterocycles. The van der Waals surface area contributed by atoms with Gasteiger partial charge in [-0.15, -0.1) is 11.6 Å². The summed E-state index contributed by atoms with van der Waals surface area (Å²) < 4.78 is 4.93. The second-order valence-electron chi connectivity index (χ2n) is 3.69. The number of carbonyl (C=O) groups is 2. The van der Waals surface area contributed by atoms with E-state index in [1.165, 1.54) is 6.08 Å². The average Bonchev–Trinajstić information content (AvgIpc) is 2.30. The Morgan fingerprint density at radius 3 is 2.78 bits per heavy atom. The summed E-state index contributed by atoms with van der Waals surface area (Å²) in [7, 11) is 0. The quantitative estimate of drug-likeness (QED) is 0.263. The highest BCUT2D eigenvalue weighted by atomic mass is 35.5. The lowest BCUT2D eigenvalue weighted by Crippen LogP contribution is -2.27. The highest BCUT2D eigenvalue weighted by Crippen LogP contribution is 2.19. The fraction of sp³-hybridized carbons (Fsp3) is 0.500. The summed E-state index contributed by atoms with van der Waals surface area (Å²) in [6.45, 7) is 3.76. The van der Waals surface area contributed by atoms with E-state index in [1.807, 2.05) is 0 Å². The highest BCUT2D eigenvalue weighted by molar-refractivity contribution is 6.24. The monoisotopic (exact) mass is 273 g/mol. The van der Waals surface area contributed by atoms with Crippen molar-refractivity contribution >= 4 is 23.4 Å². The molecule has 0 aromatic heterocycles. The Kier molecular flexibility index (Phi) is 5.88. The van der Waals surface area contributed by atoms with Gasteiger partial charge < -0.3 is 4.74 Å². The number of nitrogens with one attached hydrogen (secondary N) is 1. The maximum atomic E-state index is 11.8. The Labute approximate surface area is 111 Å². The molecular formula is C12H16ClNO4. The van der Waals surface area contributed by atoms with Crippen molar-refractivity contribution in [1.82, 2.24) is 5.48 Å². The van der Waals surface area contributed by atoms with Crippen LogP contribution in [0.5, 0.6) is 0 Å². The lowest BCUT2D eigenvalue weighted by molar-refractivity contribution is -0.137. The predicted molar refractivity (Wildman–Crippen MR) is 66.6 cm³/mol. The molecule has 0 spiro atoms. The summed E-state index contributed by atoms with van der Waals surface area (Å²) >= 11 is 5.61. The molecule has 5 nitrogen and oxygen atoms in total. The minimum absolute atomic E-state index is 0.0147. The second-order valence-corrected chi connectivity index (χ2v) is 4.07. The Hall–Kier alpha value is -1.33. The third kappa shape index (κ3) is 3.85. The van der Waals surface area contributed by atoms with Crippen LogP contribution in [0, 0.1) is 0 Å². The van der Waals surface area contributed by atoms with E-state index in [1.54, 1.807) is 13.8 Å². The van der Waals surface area contributed by atoms with E-state index in [0.717, 1.165) is 0 Å². The van der Waals surface area contributed by atoms with E-state index >= 15 is 0 Å². The van der Waals surface area contributed by atoms with Crippen molar-refractivity contribution in [1.29, 1.82) is 0 Å². The van der Waals surface area contributed by atoms with Gasteiger partial charge in [-0.2, -0.15) is 0 Å². The summed E-state index contributed by atoms with van der Waals surface area (Å²) in [5.41, 5.74) is 3.02. The molecule has 0 unspecified atom stereocenters. The van der Waals surface area contributed by atoms with Crippen molar-refractivity contribution < 1.29 is 19.2 Å². The Bertz CT molecular complexity index is 391. The molecule has 6 heteroatoms. The van der Waals surface area contributed by atoms with Crippen molar-refractivity contribution in [3.63, 3.8) is 0 Å². The highest BCUT2D eigenvalue weighted by Gasteiger charge is 2.28. The molecule has 1 heterocycles. The number of hydrogen-bond acceptors (Lipinski definition) is 5. The van der Waals surface area contributed by atoms with Crippen molar-refractivity contribution in [2.45, 2.75) is 26.7 Å². The smallest absolute Gasteiger partial charge is 0.349 e. The van der Waals surface area contributed by atoms with Gasteiger partial charge in [0.05, 0.1) is 12.3 Å². The van der Waals surface area contributed by atoms with Crippen LogP contribution in [0.2, 0.25) is 0 Å². The first-order valence-electron chi connectivity index (χ1n) is 5.71. The number of carbonyl (C=O) groups excluding carboxylic acids is 2. The second kappa shape index (κ2) is 7.18. The fourth-order valence-electron chi connectivity index (χ4n) is 1.49. The van der Waals surface area contributed by atoms with Gasteiger partial charge in [-0.3, -0.25) is 15.1 Å². The first-order chi connectivity index (χ1) is 8.60. The van der Waals surface area contributed by atoms with Gasteiger partial charge in [-0.05, 0) is 26.7 Å². The van der Waals surface area contributed by atoms with Gasteiger partial charge in [-0.25, -0.2) is 4.79 Å². The molecule has 18 heavy (non-hydrogen) atoms. The topological polar surface area (TPSA) is 64.6 Å². The summed E-state index contributed by atoms with van der Waals surface area (Å²) in [5, 5.41) is 0. The van der Waals surface area contributed by atoms with Gasteiger partial charge >= 0.3 is 5.97 Å². The van der Waals surface area contributed by atoms with Gasteiger partial charge in [0.1, 0.15) is 11.3 Å². The zero-order valence-electron chi connectivity index (χ0n) is 10.4. The first-order valence-corrected chi connectivity index (χ1v) is 6.25. The zero-order chi connectivity index (χ0) is 13.5. The number of hydrogen-bond donors (Lipinski definition) is 1. The molecule has 1 aliphatic heterocycles. The van der Waals surface area contributed by atoms with Crippen molar-refractivity contribution in [2.24, 2.45) is 0 Å². The standard InChI is InChI=1S/C12H16ClNO4/c1-3-17-14-9(5-4-6-13)11-10(15)7-8(2)18-12(11)16/h7,14H,3-6H2,1-2H3. The molecule has 0 bridgehead atoms. The van der Waals surface area contributed by atoms with Gasteiger partial charge in [0, 0.05) is 12.0 Å². The van der Waals surface area contributed by atoms with Crippen LogP contribution in [0.4, 0.5) is 0 Å². The zero-order valence-corrected chi connectivity index (χ0v) is 11.2. The number of halogens is 1. The molecule has 0 aromatic carbocycles. The van der Waals surface area contributed by atoms with Crippen molar-refractivity contribution in [3.05, 3.63) is 23.1 Å². The summed E-state index contributed by atoms with van der Waals surface area (Å²) in [6, 6.07) is 0. The van der Waals surface area contributed by atoms with Crippen LogP contribution < -0.4 is 5.48 Å². The summed E-state index contributed by atoms with van der Waals surface area (Å²) in [5.74, 6) is -0.304. The molecular weight excluding hydrogens is 258 g/mol. The van der Waals surface area contributed by atoms with E-state index < -0.39 is 5.97 Å². The Morgan fingerprint density at radius 1 is 1.50 bits per heavy atom. The molecule has 1 N–H and O–H groups in total. The first kappa shape index (κ1) is 14.7. The van der Waals surface area contributed by atoms with Crippen LogP contribution in [0.1, 0.15) is 26.7 Å². The maximum absolute atomic E-state index is 11.8. The molecule has 0 atom stereocenters.